The number of nitrogens with one attached hydrogen (secondary N) is 1. The summed E-state index contributed by atoms with van der Waals surface area (Å²) in [5.74, 6) is 2.51. The van der Waals surface area contributed by atoms with E-state index in [9.17, 15) is 13.2 Å². The zero-order valence-corrected chi connectivity index (χ0v) is 19.5. The zero-order valence-electron chi connectivity index (χ0n) is 19.5. The van der Waals surface area contributed by atoms with Crippen molar-refractivity contribution < 1.29 is 17.9 Å². The van der Waals surface area contributed by atoms with Crippen LogP contribution < -0.4 is 10.2 Å². The number of rotatable bonds is 5. The van der Waals surface area contributed by atoms with Crippen molar-refractivity contribution in [2.24, 2.45) is 23.7 Å². The van der Waals surface area contributed by atoms with E-state index in [0.717, 1.165) is 90.4 Å². The van der Waals surface area contributed by atoms with Crippen LogP contribution in [0, 0.1) is 23.7 Å². The molecule has 0 bridgehead atoms. The van der Waals surface area contributed by atoms with Crippen LogP contribution >= 0.6 is 0 Å². The van der Waals surface area contributed by atoms with Crippen LogP contribution in [0.25, 0.3) is 0 Å². The standard InChI is InChI=1S/C24H36F3N5O/c1-16-3-2-6-32(12-16)22-11-21(24(25,26)27)23(30-29-22)28-20-9-18-14-31(15-19(18)10-20)13-17-4-7-33-8-5-17/h11,16-20H,2-10,12-15H2,1H3,(H,28,30)/t16?,18-,19+,20?. The topological polar surface area (TPSA) is 53.5 Å². The molecule has 1 N–H and O–H groups in total. The summed E-state index contributed by atoms with van der Waals surface area (Å²) in [5.41, 5.74) is -0.691. The third-order valence-electron chi connectivity index (χ3n) is 8.09. The first-order chi connectivity index (χ1) is 15.8. The van der Waals surface area contributed by atoms with Gasteiger partial charge in [-0.05, 0) is 68.3 Å². The van der Waals surface area contributed by atoms with E-state index in [4.69, 9.17) is 4.74 Å². The molecular weight excluding hydrogens is 431 g/mol. The second kappa shape index (κ2) is 9.56. The van der Waals surface area contributed by atoms with Crippen LogP contribution in [0.1, 0.15) is 51.0 Å². The summed E-state index contributed by atoms with van der Waals surface area (Å²) >= 11 is 0. The second-order valence-corrected chi connectivity index (χ2v) is 10.8. The molecule has 2 unspecified atom stereocenters. The van der Waals surface area contributed by atoms with E-state index in [1.165, 1.54) is 6.07 Å². The highest BCUT2D eigenvalue weighted by Gasteiger charge is 2.43. The van der Waals surface area contributed by atoms with Gasteiger partial charge in [0.15, 0.2) is 11.6 Å². The largest absolute Gasteiger partial charge is 0.420 e. The fourth-order valence-corrected chi connectivity index (χ4v) is 6.41. The number of hydrogen-bond donors (Lipinski definition) is 1. The smallest absolute Gasteiger partial charge is 0.381 e. The molecule has 4 aliphatic rings. The lowest BCUT2D eigenvalue weighted by Gasteiger charge is -2.32. The van der Waals surface area contributed by atoms with E-state index in [-0.39, 0.29) is 11.9 Å². The SMILES string of the molecule is CC1CCCN(c2cc(C(F)(F)F)c(NC3C[C@@H]4CN(CC5CCOCC5)C[C@@H]4C3)nn2)C1. The maximum absolute atomic E-state index is 13.9. The monoisotopic (exact) mass is 467 g/mol. The molecule has 4 heterocycles. The Morgan fingerprint density at radius 2 is 1.79 bits per heavy atom. The maximum atomic E-state index is 13.9. The quantitative estimate of drug-likeness (QED) is 0.698. The lowest BCUT2D eigenvalue weighted by molar-refractivity contribution is -0.137. The molecule has 3 aliphatic heterocycles. The van der Waals surface area contributed by atoms with Gasteiger partial charge < -0.3 is 19.9 Å². The van der Waals surface area contributed by atoms with E-state index in [0.29, 0.717) is 23.6 Å². The molecule has 184 valence electrons. The molecule has 0 aromatic carbocycles. The molecule has 33 heavy (non-hydrogen) atoms. The van der Waals surface area contributed by atoms with Crippen LogP contribution in [-0.4, -0.2) is 67.1 Å². The summed E-state index contributed by atoms with van der Waals surface area (Å²) in [6.45, 7) is 8.59. The molecule has 9 heteroatoms. The first kappa shape index (κ1) is 23.1. The second-order valence-electron chi connectivity index (χ2n) is 10.8. The molecule has 0 radical (unpaired) electrons. The fourth-order valence-electron chi connectivity index (χ4n) is 6.41. The third-order valence-corrected chi connectivity index (χ3v) is 8.09. The van der Waals surface area contributed by atoms with E-state index >= 15 is 0 Å². The highest BCUT2D eigenvalue weighted by atomic mass is 19.4. The Kier molecular flexibility index (Phi) is 6.71. The van der Waals surface area contributed by atoms with Crippen molar-refractivity contribution in [3.8, 4) is 0 Å². The van der Waals surface area contributed by atoms with Crippen LogP contribution in [0.4, 0.5) is 24.8 Å². The Labute approximate surface area is 194 Å². The van der Waals surface area contributed by atoms with Crippen molar-refractivity contribution in [2.45, 2.75) is 57.7 Å². The van der Waals surface area contributed by atoms with Crippen molar-refractivity contribution in [3.05, 3.63) is 11.6 Å². The summed E-state index contributed by atoms with van der Waals surface area (Å²) in [6.07, 6.45) is 1.71. The predicted octanol–water partition coefficient (Wildman–Crippen LogP) is 4.28. The molecule has 1 aliphatic carbocycles. The van der Waals surface area contributed by atoms with Crippen molar-refractivity contribution >= 4 is 11.6 Å². The Morgan fingerprint density at radius 3 is 2.45 bits per heavy atom. The van der Waals surface area contributed by atoms with Crippen molar-refractivity contribution in [3.63, 3.8) is 0 Å². The van der Waals surface area contributed by atoms with Gasteiger partial charge in [-0.2, -0.15) is 13.2 Å². The van der Waals surface area contributed by atoms with Gasteiger partial charge in [0.05, 0.1) is 0 Å². The molecule has 0 spiro atoms. The van der Waals surface area contributed by atoms with Gasteiger partial charge in [-0.15, -0.1) is 10.2 Å². The van der Waals surface area contributed by atoms with Gasteiger partial charge in [-0.25, -0.2) is 0 Å². The first-order valence-electron chi connectivity index (χ1n) is 12.6. The molecule has 5 rings (SSSR count). The summed E-state index contributed by atoms with van der Waals surface area (Å²) in [6, 6.07) is 1.22. The van der Waals surface area contributed by atoms with Crippen molar-refractivity contribution in [1.82, 2.24) is 15.1 Å². The molecule has 1 saturated carbocycles. The van der Waals surface area contributed by atoms with Gasteiger partial charge >= 0.3 is 6.18 Å². The Balaban J connectivity index is 1.21. The molecule has 6 nitrogen and oxygen atoms in total. The molecule has 1 aromatic rings. The van der Waals surface area contributed by atoms with Gasteiger partial charge in [0.2, 0.25) is 0 Å². The zero-order chi connectivity index (χ0) is 23.0. The number of halogens is 3. The first-order valence-corrected chi connectivity index (χ1v) is 12.6. The summed E-state index contributed by atoms with van der Waals surface area (Å²) in [4.78, 5) is 4.50. The molecule has 0 amide bonds. The summed E-state index contributed by atoms with van der Waals surface area (Å²) < 4.78 is 47.2. The molecular formula is C24H36F3N5O. The number of alkyl halides is 3. The highest BCUT2D eigenvalue weighted by molar-refractivity contribution is 5.53. The average Bonchev–Trinajstić information content (AvgIpc) is 3.32. The Morgan fingerprint density at radius 1 is 1.06 bits per heavy atom. The minimum atomic E-state index is -4.45. The maximum Gasteiger partial charge on any atom is 0.420 e. The molecule has 4 fully saturated rings. The van der Waals surface area contributed by atoms with Crippen LogP contribution in [0.3, 0.4) is 0 Å². The third kappa shape index (κ3) is 5.39. The number of nitrogens with zero attached hydrogens (tertiary/aromatic N) is 4. The lowest BCUT2D eigenvalue weighted by Crippen LogP contribution is -2.35. The Bertz CT molecular complexity index is 802. The number of aromatic nitrogens is 2. The van der Waals surface area contributed by atoms with E-state index in [1.807, 2.05) is 4.90 Å². The van der Waals surface area contributed by atoms with Crippen LogP contribution in [-0.2, 0) is 10.9 Å². The normalized spacial score (nSPS) is 31.7. The van der Waals surface area contributed by atoms with Gasteiger partial charge in [-0.3, -0.25) is 0 Å². The number of ether oxygens (including phenoxy) is 1. The van der Waals surface area contributed by atoms with Gasteiger partial charge in [0.25, 0.3) is 0 Å². The lowest BCUT2D eigenvalue weighted by atomic mass is 10.00. The number of hydrogen-bond acceptors (Lipinski definition) is 6. The highest BCUT2D eigenvalue weighted by Crippen LogP contribution is 2.42. The number of anilines is 2. The van der Waals surface area contributed by atoms with Crippen LogP contribution in [0.5, 0.6) is 0 Å². The van der Waals surface area contributed by atoms with Crippen molar-refractivity contribution in [1.29, 1.82) is 0 Å². The van der Waals surface area contributed by atoms with Gasteiger partial charge in [0.1, 0.15) is 5.56 Å². The van der Waals surface area contributed by atoms with Crippen LogP contribution in [0.15, 0.2) is 6.07 Å². The van der Waals surface area contributed by atoms with Gasteiger partial charge in [-0.1, -0.05) is 6.92 Å². The predicted molar refractivity (Wildman–Crippen MR) is 121 cm³/mol. The van der Waals surface area contributed by atoms with Gasteiger partial charge in [0, 0.05) is 52.0 Å². The summed E-state index contributed by atoms with van der Waals surface area (Å²) in [7, 11) is 0. The fraction of sp³-hybridized carbons (Fsp3) is 0.833. The minimum Gasteiger partial charge on any atom is -0.381 e. The number of likely N-dealkylation sites (tertiary alicyclic amines) is 1. The minimum absolute atomic E-state index is 0.0292. The average molecular weight is 468 g/mol. The van der Waals surface area contributed by atoms with E-state index in [2.05, 4.69) is 27.3 Å². The number of piperidine rings is 1. The molecule has 4 atom stereocenters. The summed E-state index contributed by atoms with van der Waals surface area (Å²) in [5, 5.41) is 11.4. The molecule has 1 aromatic heterocycles. The van der Waals surface area contributed by atoms with E-state index < -0.39 is 11.7 Å². The molecule has 3 saturated heterocycles. The van der Waals surface area contributed by atoms with Crippen LogP contribution in [0.2, 0.25) is 0 Å². The Hall–Kier alpha value is -1.61. The van der Waals surface area contributed by atoms with Crippen molar-refractivity contribution in [2.75, 3.05) is 56.2 Å². The van der Waals surface area contributed by atoms with E-state index in [1.54, 1.807) is 0 Å². The number of fused-ring (bicyclic) bond motifs is 1.